The second-order valence-corrected chi connectivity index (χ2v) is 3.10. The number of fused-ring (bicyclic) bond motifs is 1. The van der Waals surface area contributed by atoms with E-state index in [4.69, 9.17) is 0 Å². The van der Waals surface area contributed by atoms with Crippen LogP contribution in [0.3, 0.4) is 0 Å². The molecule has 14 heavy (non-hydrogen) atoms. The predicted molar refractivity (Wildman–Crippen MR) is 60.3 cm³/mol. The summed E-state index contributed by atoms with van der Waals surface area (Å²) in [6.07, 6.45) is 3.96. The van der Waals surface area contributed by atoms with Gasteiger partial charge in [-0.05, 0) is 5.56 Å². The maximum absolute atomic E-state index is 11.6. The number of allylic oxidation sites excluding steroid dienone is 1. The van der Waals surface area contributed by atoms with Crippen LogP contribution in [0.15, 0.2) is 30.3 Å². The zero-order valence-electron chi connectivity index (χ0n) is 8.95. The fraction of sp³-hybridized carbons (Fsp3) is 0.308. The van der Waals surface area contributed by atoms with Gasteiger partial charge in [0.1, 0.15) is 0 Å². The lowest BCUT2D eigenvalue weighted by Gasteiger charge is -2.13. The Morgan fingerprint density at radius 3 is 2.50 bits per heavy atom. The highest BCUT2D eigenvalue weighted by Crippen LogP contribution is 2.21. The summed E-state index contributed by atoms with van der Waals surface area (Å²) < 4.78 is 0. The molecule has 0 N–H and O–H groups in total. The molecule has 0 saturated carbocycles. The van der Waals surface area contributed by atoms with Crippen molar-refractivity contribution in [2.75, 3.05) is 0 Å². The average molecular weight is 188 g/mol. The highest BCUT2D eigenvalue weighted by Gasteiger charge is 2.18. The molecule has 1 heteroatoms. The van der Waals surface area contributed by atoms with Crippen LogP contribution < -0.4 is 0 Å². The van der Waals surface area contributed by atoms with Crippen molar-refractivity contribution in [1.29, 1.82) is 0 Å². The minimum absolute atomic E-state index is 0.0416. The van der Waals surface area contributed by atoms with E-state index in [1.165, 1.54) is 0 Å². The molecular formula is C13H16O. The molecule has 0 aromatic heterocycles. The number of rotatable bonds is 0. The molecule has 0 spiro atoms. The lowest BCUT2D eigenvalue weighted by atomic mass is 9.90. The third kappa shape index (κ3) is 1.92. The topological polar surface area (TPSA) is 17.1 Å². The molecule has 1 nitrogen and oxygen atoms in total. The molecule has 0 bridgehead atoms. The summed E-state index contributed by atoms with van der Waals surface area (Å²) >= 11 is 0. The molecule has 1 unspecified atom stereocenters. The first-order chi connectivity index (χ1) is 6.79. The second kappa shape index (κ2) is 4.75. The van der Waals surface area contributed by atoms with E-state index in [2.05, 4.69) is 0 Å². The molecule has 2 rings (SSSR count). The van der Waals surface area contributed by atoms with Crippen LogP contribution in [0.4, 0.5) is 0 Å². The maximum Gasteiger partial charge on any atom is 0.170 e. The molecule has 0 radical (unpaired) electrons. The predicted octanol–water partition coefficient (Wildman–Crippen LogP) is 3.56. The molecule has 0 heterocycles. The molecule has 0 amide bonds. The van der Waals surface area contributed by atoms with Crippen molar-refractivity contribution in [2.24, 2.45) is 5.92 Å². The molecular weight excluding hydrogens is 172 g/mol. The number of hydrogen-bond acceptors (Lipinski definition) is 1. The Labute approximate surface area is 85.5 Å². The molecule has 1 aliphatic carbocycles. The maximum atomic E-state index is 11.6. The summed E-state index contributed by atoms with van der Waals surface area (Å²) in [5.74, 6) is 0.271. The number of hydrogen-bond donors (Lipinski definition) is 0. The smallest absolute Gasteiger partial charge is 0.170 e. The first-order valence-electron chi connectivity index (χ1n) is 5.10. The van der Waals surface area contributed by atoms with Crippen LogP contribution in [0.5, 0.6) is 0 Å². The summed E-state index contributed by atoms with van der Waals surface area (Å²) in [5.41, 5.74) is 1.90. The van der Waals surface area contributed by atoms with E-state index < -0.39 is 0 Å². The van der Waals surface area contributed by atoms with Crippen molar-refractivity contribution >= 4 is 11.9 Å². The van der Waals surface area contributed by atoms with Crippen LogP contribution in [0.2, 0.25) is 0 Å². The van der Waals surface area contributed by atoms with E-state index in [1.807, 2.05) is 57.2 Å². The minimum atomic E-state index is 0.0416. The number of carbonyl (C=O) groups is 1. The molecule has 1 aromatic carbocycles. The fourth-order valence-corrected chi connectivity index (χ4v) is 1.45. The third-order valence-corrected chi connectivity index (χ3v) is 2.20. The van der Waals surface area contributed by atoms with Crippen LogP contribution in [0.1, 0.15) is 36.7 Å². The number of ketones is 1. The van der Waals surface area contributed by atoms with Crippen molar-refractivity contribution in [3.63, 3.8) is 0 Å². The first kappa shape index (κ1) is 10.7. The van der Waals surface area contributed by atoms with Crippen molar-refractivity contribution in [1.82, 2.24) is 0 Å². The number of benzene rings is 1. The van der Waals surface area contributed by atoms with Gasteiger partial charge >= 0.3 is 0 Å². The van der Waals surface area contributed by atoms with E-state index >= 15 is 0 Å². The van der Waals surface area contributed by atoms with E-state index in [9.17, 15) is 4.79 Å². The van der Waals surface area contributed by atoms with Gasteiger partial charge in [0.05, 0.1) is 0 Å². The van der Waals surface area contributed by atoms with E-state index in [1.54, 1.807) is 0 Å². The minimum Gasteiger partial charge on any atom is -0.294 e. The Bertz CT molecular complexity index is 350. The summed E-state index contributed by atoms with van der Waals surface area (Å²) in [4.78, 5) is 11.6. The zero-order chi connectivity index (χ0) is 10.6. The lowest BCUT2D eigenvalue weighted by Crippen LogP contribution is -2.13. The Hall–Kier alpha value is -1.37. The van der Waals surface area contributed by atoms with Crippen LogP contribution in [-0.4, -0.2) is 5.78 Å². The second-order valence-electron chi connectivity index (χ2n) is 3.10. The van der Waals surface area contributed by atoms with Crippen LogP contribution >= 0.6 is 0 Å². The SMILES string of the molecule is CC.CC1C=Cc2ccccc2C1=O. The van der Waals surface area contributed by atoms with Crippen molar-refractivity contribution in [3.8, 4) is 0 Å². The standard InChI is InChI=1S/C11H10O.C2H6/c1-8-6-7-9-4-2-3-5-10(9)11(8)12;1-2/h2-8H,1H3;1-2H3. The van der Waals surface area contributed by atoms with Gasteiger partial charge in [-0.2, -0.15) is 0 Å². The molecule has 1 aliphatic rings. The highest BCUT2D eigenvalue weighted by atomic mass is 16.1. The fourth-order valence-electron chi connectivity index (χ4n) is 1.45. The van der Waals surface area contributed by atoms with Crippen LogP contribution in [0, 0.1) is 5.92 Å². The van der Waals surface area contributed by atoms with Crippen molar-refractivity contribution in [3.05, 3.63) is 41.5 Å². The van der Waals surface area contributed by atoms with Crippen LogP contribution in [0.25, 0.3) is 6.08 Å². The van der Waals surface area contributed by atoms with Crippen molar-refractivity contribution < 1.29 is 4.79 Å². The average Bonchev–Trinajstić information content (AvgIpc) is 2.27. The van der Waals surface area contributed by atoms with Gasteiger partial charge in [-0.15, -0.1) is 0 Å². The van der Waals surface area contributed by atoms with Gasteiger partial charge in [0.15, 0.2) is 5.78 Å². The molecule has 1 aromatic rings. The normalized spacial score (nSPS) is 18.2. The van der Waals surface area contributed by atoms with Gasteiger partial charge in [0.2, 0.25) is 0 Å². The quantitative estimate of drug-likeness (QED) is 0.608. The summed E-state index contributed by atoms with van der Waals surface area (Å²) in [7, 11) is 0. The van der Waals surface area contributed by atoms with Gasteiger partial charge in [-0.3, -0.25) is 4.79 Å². The summed E-state index contributed by atoms with van der Waals surface area (Å²) in [6, 6.07) is 7.71. The highest BCUT2D eigenvalue weighted by molar-refractivity contribution is 6.04. The van der Waals surface area contributed by atoms with Gasteiger partial charge in [0.25, 0.3) is 0 Å². The Morgan fingerprint density at radius 2 is 1.79 bits per heavy atom. The molecule has 0 fully saturated rings. The van der Waals surface area contributed by atoms with Gasteiger partial charge < -0.3 is 0 Å². The van der Waals surface area contributed by atoms with Crippen molar-refractivity contribution in [2.45, 2.75) is 20.8 Å². The molecule has 1 atom stereocenters. The number of Topliss-reactive ketones (excluding diaryl/α,β-unsaturated/α-hetero) is 1. The largest absolute Gasteiger partial charge is 0.294 e. The summed E-state index contributed by atoms with van der Waals surface area (Å²) in [5, 5.41) is 0. The molecule has 0 saturated heterocycles. The van der Waals surface area contributed by atoms with E-state index in [-0.39, 0.29) is 11.7 Å². The van der Waals surface area contributed by atoms with Gasteiger partial charge in [-0.25, -0.2) is 0 Å². The molecule has 74 valence electrons. The summed E-state index contributed by atoms with van der Waals surface area (Å²) in [6.45, 7) is 5.93. The first-order valence-corrected chi connectivity index (χ1v) is 5.10. The third-order valence-electron chi connectivity index (χ3n) is 2.20. The zero-order valence-corrected chi connectivity index (χ0v) is 8.95. The van der Waals surface area contributed by atoms with E-state index in [0.29, 0.717) is 0 Å². The lowest BCUT2D eigenvalue weighted by molar-refractivity contribution is 0.0951. The Morgan fingerprint density at radius 1 is 1.14 bits per heavy atom. The molecule has 0 aliphatic heterocycles. The Balaban J connectivity index is 0.000000461. The Kier molecular flexibility index (Phi) is 3.63. The monoisotopic (exact) mass is 188 g/mol. The number of carbonyl (C=O) groups excluding carboxylic acids is 1. The van der Waals surface area contributed by atoms with Gasteiger partial charge in [0, 0.05) is 11.5 Å². The van der Waals surface area contributed by atoms with Gasteiger partial charge in [-0.1, -0.05) is 57.2 Å². The van der Waals surface area contributed by atoms with Crippen LogP contribution in [-0.2, 0) is 0 Å². The van der Waals surface area contributed by atoms with E-state index in [0.717, 1.165) is 11.1 Å².